The van der Waals surface area contributed by atoms with Crippen molar-refractivity contribution in [1.82, 2.24) is 4.98 Å². The highest BCUT2D eigenvalue weighted by molar-refractivity contribution is 9.10. The Hall–Kier alpha value is -2.38. The summed E-state index contributed by atoms with van der Waals surface area (Å²) >= 11 is 4.94. The van der Waals surface area contributed by atoms with Gasteiger partial charge in [0.2, 0.25) is 11.9 Å². The van der Waals surface area contributed by atoms with Gasteiger partial charge in [0.25, 0.3) is 0 Å². The predicted molar refractivity (Wildman–Crippen MR) is 99.0 cm³/mol. The van der Waals surface area contributed by atoms with Crippen LogP contribution in [0, 0.1) is 0 Å². The van der Waals surface area contributed by atoms with Crippen molar-refractivity contribution >= 4 is 38.6 Å². The molecule has 0 amide bonds. The van der Waals surface area contributed by atoms with Crippen molar-refractivity contribution < 1.29 is 9.47 Å². The van der Waals surface area contributed by atoms with Crippen molar-refractivity contribution in [2.45, 2.75) is 0 Å². The van der Waals surface area contributed by atoms with Crippen LogP contribution in [0.15, 0.2) is 57.4 Å². The first kappa shape index (κ1) is 15.2. The Balaban J connectivity index is 1.43. The first-order chi connectivity index (χ1) is 11.8. The molecule has 2 heterocycles. The van der Waals surface area contributed by atoms with Gasteiger partial charge in [-0.25, -0.2) is 4.98 Å². The molecule has 1 N–H and O–H groups in total. The fourth-order valence-corrected chi connectivity index (χ4v) is 3.17. The van der Waals surface area contributed by atoms with E-state index in [9.17, 15) is 0 Å². The molecule has 120 valence electrons. The van der Waals surface area contributed by atoms with E-state index in [0.29, 0.717) is 0 Å². The minimum atomic E-state index is 0.270. The first-order valence-electron chi connectivity index (χ1n) is 7.18. The molecular formula is C17H12BrN3O2S. The van der Waals surface area contributed by atoms with E-state index in [1.165, 1.54) is 11.3 Å². The molecule has 5 nitrogen and oxygen atoms in total. The smallest absolute Gasteiger partial charge is 0.231 e. The average molecular weight is 402 g/mol. The van der Waals surface area contributed by atoms with Gasteiger partial charge in [0.05, 0.1) is 11.9 Å². The normalized spacial score (nSPS) is 12.7. The van der Waals surface area contributed by atoms with Crippen LogP contribution in [0.4, 0.5) is 5.13 Å². The zero-order valence-corrected chi connectivity index (χ0v) is 14.8. The molecule has 1 aliphatic heterocycles. The Kier molecular flexibility index (Phi) is 4.18. The third kappa shape index (κ3) is 3.27. The van der Waals surface area contributed by atoms with Crippen molar-refractivity contribution in [3.05, 3.63) is 57.9 Å². The molecule has 0 aliphatic carbocycles. The monoisotopic (exact) mass is 401 g/mol. The first-order valence-corrected chi connectivity index (χ1v) is 8.85. The number of hydrogen-bond donors (Lipinski definition) is 1. The lowest BCUT2D eigenvalue weighted by Gasteiger charge is -1.98. The molecule has 0 spiro atoms. The number of benzene rings is 2. The lowest BCUT2D eigenvalue weighted by atomic mass is 10.2. The lowest BCUT2D eigenvalue weighted by Crippen LogP contribution is -1.93. The van der Waals surface area contributed by atoms with Gasteiger partial charge in [-0.15, -0.1) is 11.3 Å². The number of ether oxygens (including phenoxy) is 2. The standard InChI is InChI=1S/C17H12BrN3O2S/c18-13-4-2-12(3-5-13)14-9-24-17(20-14)21-19-8-11-1-6-15-16(7-11)23-10-22-15/h1-9H,10H2,(H,20,21)/b19-8+. The van der Waals surface area contributed by atoms with Crippen molar-refractivity contribution in [3.63, 3.8) is 0 Å². The molecule has 0 saturated heterocycles. The van der Waals surface area contributed by atoms with Gasteiger partial charge < -0.3 is 9.47 Å². The van der Waals surface area contributed by atoms with Crippen LogP contribution in [-0.4, -0.2) is 18.0 Å². The zero-order valence-electron chi connectivity index (χ0n) is 12.4. The number of aromatic nitrogens is 1. The number of hydrazone groups is 1. The molecule has 24 heavy (non-hydrogen) atoms. The maximum Gasteiger partial charge on any atom is 0.231 e. The van der Waals surface area contributed by atoms with E-state index in [2.05, 4.69) is 31.4 Å². The Morgan fingerprint density at radius 1 is 1.12 bits per heavy atom. The fraction of sp³-hybridized carbons (Fsp3) is 0.0588. The number of nitrogens with zero attached hydrogens (tertiary/aromatic N) is 2. The van der Waals surface area contributed by atoms with Crippen LogP contribution in [0.1, 0.15) is 5.56 Å². The second kappa shape index (κ2) is 6.62. The Morgan fingerprint density at radius 2 is 1.96 bits per heavy atom. The van der Waals surface area contributed by atoms with Crippen LogP contribution in [0.25, 0.3) is 11.3 Å². The number of nitrogens with one attached hydrogen (secondary N) is 1. The maximum absolute atomic E-state index is 5.35. The van der Waals surface area contributed by atoms with Crippen molar-refractivity contribution in [1.29, 1.82) is 0 Å². The highest BCUT2D eigenvalue weighted by Gasteiger charge is 2.12. The summed E-state index contributed by atoms with van der Waals surface area (Å²) in [5, 5.41) is 6.97. The van der Waals surface area contributed by atoms with Gasteiger partial charge in [0.15, 0.2) is 11.5 Å². The van der Waals surface area contributed by atoms with Gasteiger partial charge >= 0.3 is 0 Å². The third-order valence-corrected chi connectivity index (χ3v) is 4.69. The molecule has 4 rings (SSSR count). The van der Waals surface area contributed by atoms with Crippen LogP contribution in [-0.2, 0) is 0 Å². The lowest BCUT2D eigenvalue weighted by molar-refractivity contribution is 0.174. The van der Waals surface area contributed by atoms with E-state index >= 15 is 0 Å². The third-order valence-electron chi connectivity index (χ3n) is 3.41. The Labute approximate surface area is 151 Å². The molecule has 7 heteroatoms. The largest absolute Gasteiger partial charge is 0.454 e. The molecule has 3 aromatic rings. The molecule has 0 unspecified atom stereocenters. The van der Waals surface area contributed by atoms with Crippen molar-refractivity contribution in [3.8, 4) is 22.8 Å². The highest BCUT2D eigenvalue weighted by Crippen LogP contribution is 2.32. The van der Waals surface area contributed by atoms with Gasteiger partial charge in [-0.1, -0.05) is 28.1 Å². The number of hydrogen-bond acceptors (Lipinski definition) is 6. The van der Waals surface area contributed by atoms with Crippen LogP contribution >= 0.6 is 27.3 Å². The van der Waals surface area contributed by atoms with E-state index in [4.69, 9.17) is 9.47 Å². The SMILES string of the molecule is Brc1ccc(-c2csc(N/N=C/c3ccc4c(c3)OCO4)n2)cc1. The zero-order chi connectivity index (χ0) is 16.4. The summed E-state index contributed by atoms with van der Waals surface area (Å²) in [6.07, 6.45) is 1.72. The van der Waals surface area contributed by atoms with E-state index < -0.39 is 0 Å². The summed E-state index contributed by atoms with van der Waals surface area (Å²) in [4.78, 5) is 4.53. The number of halogens is 1. The molecule has 0 bridgehead atoms. The molecule has 2 aromatic carbocycles. The van der Waals surface area contributed by atoms with E-state index in [0.717, 1.165) is 37.9 Å². The highest BCUT2D eigenvalue weighted by atomic mass is 79.9. The van der Waals surface area contributed by atoms with Gasteiger partial charge in [-0.2, -0.15) is 5.10 Å². The molecular weight excluding hydrogens is 390 g/mol. The minimum Gasteiger partial charge on any atom is -0.454 e. The minimum absolute atomic E-state index is 0.270. The Bertz CT molecular complexity index is 893. The summed E-state index contributed by atoms with van der Waals surface area (Å²) in [7, 11) is 0. The predicted octanol–water partition coefficient (Wildman–Crippen LogP) is 4.75. The van der Waals surface area contributed by atoms with Crippen LogP contribution < -0.4 is 14.9 Å². The summed E-state index contributed by atoms with van der Waals surface area (Å²) in [6.45, 7) is 0.270. The Morgan fingerprint density at radius 3 is 2.83 bits per heavy atom. The number of anilines is 1. The van der Waals surface area contributed by atoms with E-state index in [-0.39, 0.29) is 6.79 Å². The molecule has 1 aromatic heterocycles. The second-order valence-corrected chi connectivity index (χ2v) is 6.80. The van der Waals surface area contributed by atoms with Gasteiger partial charge in [-0.3, -0.25) is 5.43 Å². The fourth-order valence-electron chi connectivity index (χ4n) is 2.23. The maximum atomic E-state index is 5.35. The van der Waals surface area contributed by atoms with Gasteiger partial charge in [-0.05, 0) is 35.9 Å². The number of thiazole rings is 1. The second-order valence-electron chi connectivity index (χ2n) is 5.03. The number of rotatable bonds is 4. The van der Waals surface area contributed by atoms with Crippen LogP contribution in [0.3, 0.4) is 0 Å². The average Bonchev–Trinajstić information content (AvgIpc) is 3.24. The quantitative estimate of drug-likeness (QED) is 0.506. The van der Waals surface area contributed by atoms with Crippen molar-refractivity contribution in [2.75, 3.05) is 12.2 Å². The topological polar surface area (TPSA) is 55.7 Å². The summed E-state index contributed by atoms with van der Waals surface area (Å²) < 4.78 is 11.7. The van der Waals surface area contributed by atoms with Crippen LogP contribution in [0.5, 0.6) is 11.5 Å². The van der Waals surface area contributed by atoms with Gasteiger partial charge in [0, 0.05) is 15.4 Å². The van der Waals surface area contributed by atoms with Crippen molar-refractivity contribution in [2.24, 2.45) is 5.10 Å². The van der Waals surface area contributed by atoms with E-state index in [1.807, 2.05) is 47.8 Å². The van der Waals surface area contributed by atoms with Gasteiger partial charge in [0.1, 0.15) is 0 Å². The summed E-state index contributed by atoms with van der Waals surface area (Å²) in [5.74, 6) is 1.50. The molecule has 0 radical (unpaired) electrons. The molecule has 1 aliphatic rings. The summed E-state index contributed by atoms with van der Waals surface area (Å²) in [6, 6.07) is 13.7. The van der Waals surface area contributed by atoms with E-state index in [1.54, 1.807) is 6.21 Å². The van der Waals surface area contributed by atoms with Crippen LogP contribution in [0.2, 0.25) is 0 Å². The summed E-state index contributed by atoms with van der Waals surface area (Å²) in [5.41, 5.74) is 5.88. The molecule has 0 atom stereocenters. The molecule has 0 saturated carbocycles. The number of fused-ring (bicyclic) bond motifs is 1. The molecule has 0 fully saturated rings.